The first kappa shape index (κ1) is 17.6. The average Bonchev–Trinajstić information content (AvgIpc) is 2.50. The van der Waals surface area contributed by atoms with Crippen molar-refractivity contribution in [1.82, 2.24) is 4.90 Å². The highest BCUT2D eigenvalue weighted by molar-refractivity contribution is 5.71. The molecule has 0 bridgehead atoms. The first-order chi connectivity index (χ1) is 11.0. The van der Waals surface area contributed by atoms with Crippen molar-refractivity contribution >= 4 is 5.97 Å². The molecule has 0 saturated carbocycles. The van der Waals surface area contributed by atoms with Crippen molar-refractivity contribution in [3.05, 3.63) is 24.3 Å². The number of ether oxygens (including phenoxy) is 2. The number of aliphatic hydroxyl groups excluding tert-OH is 1. The predicted octanol–water partition coefficient (Wildman–Crippen LogP) is 1.62. The van der Waals surface area contributed by atoms with Gasteiger partial charge in [0.1, 0.15) is 18.1 Å². The van der Waals surface area contributed by atoms with Gasteiger partial charge in [-0.05, 0) is 44.5 Å². The number of piperidine rings is 1. The first-order valence-electron chi connectivity index (χ1n) is 7.98. The first-order valence-corrected chi connectivity index (χ1v) is 7.98. The smallest absolute Gasteiger partial charge is 0.310 e. The fourth-order valence-corrected chi connectivity index (χ4v) is 2.63. The molecule has 1 aromatic carbocycles. The molecule has 0 radical (unpaired) electrons. The second-order valence-corrected chi connectivity index (χ2v) is 6.09. The molecule has 1 aliphatic heterocycles. The predicted molar refractivity (Wildman–Crippen MR) is 85.9 cm³/mol. The van der Waals surface area contributed by atoms with E-state index >= 15 is 0 Å². The number of likely N-dealkylation sites (tertiary alicyclic amines) is 1. The molecule has 2 N–H and O–H groups in total. The maximum atomic E-state index is 11.1. The minimum absolute atomic E-state index is 0.137. The van der Waals surface area contributed by atoms with Crippen LogP contribution in [0, 0.1) is 5.92 Å². The van der Waals surface area contributed by atoms with Crippen LogP contribution in [0.2, 0.25) is 0 Å². The molecule has 128 valence electrons. The Morgan fingerprint density at radius 3 is 2.57 bits per heavy atom. The topological polar surface area (TPSA) is 79.2 Å². The van der Waals surface area contributed by atoms with Crippen molar-refractivity contribution in [3.8, 4) is 11.5 Å². The lowest BCUT2D eigenvalue weighted by atomic mass is 9.95. The molecule has 0 aliphatic carbocycles. The molecule has 1 fully saturated rings. The van der Waals surface area contributed by atoms with E-state index in [4.69, 9.17) is 14.6 Å². The summed E-state index contributed by atoms with van der Waals surface area (Å²) < 4.78 is 11.3. The molecule has 2 atom stereocenters. The number of nitrogens with zero attached hydrogens (tertiary/aromatic N) is 1. The highest BCUT2D eigenvalue weighted by atomic mass is 16.5. The van der Waals surface area contributed by atoms with Crippen LogP contribution in [0.1, 0.15) is 20.3 Å². The van der Waals surface area contributed by atoms with Gasteiger partial charge in [-0.3, -0.25) is 9.69 Å². The van der Waals surface area contributed by atoms with Gasteiger partial charge in [0.15, 0.2) is 0 Å². The Bertz CT molecular complexity index is 502. The Balaban J connectivity index is 1.75. The van der Waals surface area contributed by atoms with Crippen LogP contribution in [0.5, 0.6) is 11.5 Å². The number of aliphatic hydroxyl groups is 1. The van der Waals surface area contributed by atoms with E-state index in [0.717, 1.165) is 11.5 Å². The molecule has 0 amide bonds. The Morgan fingerprint density at radius 2 is 1.96 bits per heavy atom. The molecule has 1 aromatic rings. The fourth-order valence-electron chi connectivity index (χ4n) is 2.63. The summed E-state index contributed by atoms with van der Waals surface area (Å²) >= 11 is 0. The van der Waals surface area contributed by atoms with Gasteiger partial charge in [0.25, 0.3) is 0 Å². The summed E-state index contributed by atoms with van der Waals surface area (Å²) in [5, 5.41) is 18.8. The van der Waals surface area contributed by atoms with E-state index in [1.807, 2.05) is 43.0 Å². The Morgan fingerprint density at radius 1 is 1.30 bits per heavy atom. The molecule has 0 spiro atoms. The molecule has 1 aliphatic rings. The minimum atomic E-state index is -0.941. The number of aliphatic carboxylic acids is 1. The van der Waals surface area contributed by atoms with E-state index in [-0.39, 0.29) is 6.10 Å². The van der Waals surface area contributed by atoms with E-state index in [1.54, 1.807) is 0 Å². The summed E-state index contributed by atoms with van der Waals surface area (Å²) in [4.78, 5) is 13.1. The van der Waals surface area contributed by atoms with Gasteiger partial charge in [-0.25, -0.2) is 0 Å². The van der Waals surface area contributed by atoms with E-state index < -0.39 is 18.0 Å². The zero-order valence-corrected chi connectivity index (χ0v) is 13.6. The molecule has 1 saturated heterocycles. The highest BCUT2D eigenvalue weighted by Gasteiger charge is 2.32. The van der Waals surface area contributed by atoms with Gasteiger partial charge in [0.2, 0.25) is 0 Å². The zero-order chi connectivity index (χ0) is 16.8. The van der Waals surface area contributed by atoms with Crippen LogP contribution in [0.25, 0.3) is 0 Å². The van der Waals surface area contributed by atoms with Crippen LogP contribution in [0.3, 0.4) is 0 Å². The van der Waals surface area contributed by atoms with Gasteiger partial charge in [-0.1, -0.05) is 0 Å². The van der Waals surface area contributed by atoms with E-state index in [2.05, 4.69) is 0 Å². The van der Waals surface area contributed by atoms with Gasteiger partial charge in [0.05, 0.1) is 18.1 Å². The summed E-state index contributed by atoms with van der Waals surface area (Å²) in [6, 6.07) is 7.45. The second kappa shape index (κ2) is 8.17. The van der Waals surface area contributed by atoms with Crippen molar-refractivity contribution < 1.29 is 24.5 Å². The van der Waals surface area contributed by atoms with Crippen molar-refractivity contribution in [1.29, 1.82) is 0 Å². The monoisotopic (exact) mass is 323 g/mol. The van der Waals surface area contributed by atoms with Crippen LogP contribution in [-0.2, 0) is 4.79 Å². The Hall–Kier alpha value is -1.79. The third-order valence-electron chi connectivity index (χ3n) is 3.85. The maximum absolute atomic E-state index is 11.1. The normalized spacial score (nSPS) is 22.1. The second-order valence-electron chi connectivity index (χ2n) is 6.09. The molecule has 23 heavy (non-hydrogen) atoms. The van der Waals surface area contributed by atoms with Crippen molar-refractivity contribution in [2.75, 3.05) is 26.2 Å². The number of benzene rings is 1. The zero-order valence-electron chi connectivity index (χ0n) is 13.6. The van der Waals surface area contributed by atoms with Crippen LogP contribution in [-0.4, -0.2) is 59.5 Å². The van der Waals surface area contributed by atoms with Gasteiger partial charge in [0, 0.05) is 19.6 Å². The Labute approximate surface area is 136 Å². The number of rotatable bonds is 7. The minimum Gasteiger partial charge on any atom is -0.492 e. The number of hydrogen-bond donors (Lipinski definition) is 2. The molecular weight excluding hydrogens is 298 g/mol. The molecule has 0 unspecified atom stereocenters. The number of carboxylic acid groups (broad SMARTS) is 1. The summed E-state index contributed by atoms with van der Waals surface area (Å²) in [6.07, 6.45) is -0.130. The average molecular weight is 323 g/mol. The number of hydrogen-bond acceptors (Lipinski definition) is 5. The van der Waals surface area contributed by atoms with Gasteiger partial charge in [-0.15, -0.1) is 0 Å². The SMILES string of the molecule is CC(C)Oc1ccc(OCCN2CC[C@@H](O)[C@@H](C(=O)O)C2)cc1. The third-order valence-corrected chi connectivity index (χ3v) is 3.85. The number of carbonyl (C=O) groups is 1. The van der Waals surface area contributed by atoms with Crippen LogP contribution in [0.4, 0.5) is 0 Å². The summed E-state index contributed by atoms with van der Waals surface area (Å²) in [6.45, 7) is 6.12. The quantitative estimate of drug-likeness (QED) is 0.794. The molecule has 6 nitrogen and oxygen atoms in total. The largest absolute Gasteiger partial charge is 0.492 e. The van der Waals surface area contributed by atoms with Gasteiger partial charge in [-0.2, -0.15) is 0 Å². The van der Waals surface area contributed by atoms with Crippen LogP contribution < -0.4 is 9.47 Å². The third kappa shape index (κ3) is 5.41. The van der Waals surface area contributed by atoms with Crippen LogP contribution >= 0.6 is 0 Å². The summed E-state index contributed by atoms with van der Waals surface area (Å²) in [5.41, 5.74) is 0. The Kier molecular flexibility index (Phi) is 6.24. The van der Waals surface area contributed by atoms with E-state index in [1.165, 1.54) is 0 Å². The van der Waals surface area contributed by atoms with Gasteiger partial charge >= 0.3 is 5.97 Å². The van der Waals surface area contributed by atoms with Gasteiger partial charge < -0.3 is 19.7 Å². The summed E-state index contributed by atoms with van der Waals surface area (Å²) in [5.74, 6) is -0.0883. The standard InChI is InChI=1S/C17H25NO5/c1-12(2)23-14-5-3-13(4-6-14)22-10-9-18-8-7-16(19)15(11-18)17(20)21/h3-6,12,15-16,19H,7-11H2,1-2H3,(H,20,21)/t15-,16+/m0/s1. The van der Waals surface area contributed by atoms with Crippen LogP contribution in [0.15, 0.2) is 24.3 Å². The summed E-state index contributed by atoms with van der Waals surface area (Å²) in [7, 11) is 0. The van der Waals surface area contributed by atoms with E-state index in [9.17, 15) is 9.90 Å². The molecule has 1 heterocycles. The molecule has 6 heteroatoms. The fraction of sp³-hybridized carbons (Fsp3) is 0.588. The molecule has 2 rings (SSSR count). The van der Waals surface area contributed by atoms with E-state index in [0.29, 0.717) is 32.7 Å². The molecule has 0 aromatic heterocycles. The highest BCUT2D eigenvalue weighted by Crippen LogP contribution is 2.20. The lowest BCUT2D eigenvalue weighted by Crippen LogP contribution is -2.47. The molecular formula is C17H25NO5. The van der Waals surface area contributed by atoms with Crippen molar-refractivity contribution in [3.63, 3.8) is 0 Å². The van der Waals surface area contributed by atoms with Crippen molar-refractivity contribution in [2.24, 2.45) is 5.92 Å². The number of carboxylic acids is 1. The lowest BCUT2D eigenvalue weighted by molar-refractivity contribution is -0.148. The maximum Gasteiger partial charge on any atom is 0.310 e. The van der Waals surface area contributed by atoms with Crippen molar-refractivity contribution in [2.45, 2.75) is 32.5 Å². The lowest BCUT2D eigenvalue weighted by Gasteiger charge is -2.33.